The van der Waals surface area contributed by atoms with Crippen LogP contribution in [0.25, 0.3) is 0 Å². The van der Waals surface area contributed by atoms with E-state index in [0.717, 1.165) is 10.0 Å². The zero-order chi connectivity index (χ0) is 19.7. The van der Waals surface area contributed by atoms with Gasteiger partial charge >= 0.3 is 5.97 Å². The van der Waals surface area contributed by atoms with Crippen molar-refractivity contribution in [2.75, 3.05) is 0 Å². The van der Waals surface area contributed by atoms with Gasteiger partial charge in [0, 0.05) is 15.7 Å². The van der Waals surface area contributed by atoms with E-state index in [-0.39, 0.29) is 5.95 Å². The van der Waals surface area contributed by atoms with Crippen LogP contribution in [0.15, 0.2) is 58.0 Å². The second-order valence-electron chi connectivity index (χ2n) is 6.39. The van der Waals surface area contributed by atoms with Crippen molar-refractivity contribution < 1.29 is 14.6 Å². The van der Waals surface area contributed by atoms with Gasteiger partial charge in [0.05, 0.1) is 0 Å². The molecule has 142 valence electrons. The second-order valence-corrected chi connectivity index (χ2v) is 7.31. The van der Waals surface area contributed by atoms with E-state index < -0.39 is 17.9 Å². The van der Waals surface area contributed by atoms with Gasteiger partial charge in [-0.25, -0.2) is 9.67 Å². The monoisotopic (exact) mass is 441 g/mol. The number of fused-ring (bicyclic) bond motifs is 1. The molecule has 28 heavy (non-hydrogen) atoms. The summed E-state index contributed by atoms with van der Waals surface area (Å²) in [6, 6.07) is 14.6. The summed E-state index contributed by atoms with van der Waals surface area (Å²) in [6.07, 6.45) is 0. The Hall–Kier alpha value is -3.07. The average molecular weight is 442 g/mol. The third-order valence-corrected chi connectivity index (χ3v) is 5.07. The molecule has 0 bridgehead atoms. The summed E-state index contributed by atoms with van der Waals surface area (Å²) in [4.78, 5) is 16.3. The van der Waals surface area contributed by atoms with Gasteiger partial charge < -0.3 is 9.84 Å². The predicted octanol–water partition coefficient (Wildman–Crippen LogP) is 3.41. The number of ether oxygens (including phenoxy) is 1. The van der Waals surface area contributed by atoms with E-state index >= 15 is 0 Å². The van der Waals surface area contributed by atoms with E-state index in [9.17, 15) is 9.90 Å². The first-order chi connectivity index (χ1) is 13.5. The molecule has 2 heterocycles. The van der Waals surface area contributed by atoms with Crippen LogP contribution in [0.4, 0.5) is 5.95 Å². The van der Waals surface area contributed by atoms with Crippen LogP contribution in [-0.4, -0.2) is 37.0 Å². The molecule has 0 saturated carbocycles. The number of rotatable bonds is 5. The van der Waals surface area contributed by atoms with E-state index in [1.54, 1.807) is 6.92 Å². The molecular weight excluding hydrogens is 426 g/mol. The number of carboxylic acid groups (broad SMARTS) is 1. The Balaban J connectivity index is 1.77. The number of aliphatic carboxylic acids is 1. The van der Waals surface area contributed by atoms with Crippen molar-refractivity contribution in [1.29, 1.82) is 0 Å². The molecule has 8 nitrogen and oxygen atoms in total. The normalized spacial score (nSPS) is 18.3. The van der Waals surface area contributed by atoms with Gasteiger partial charge in [0.1, 0.15) is 24.3 Å². The number of aromatic nitrogens is 4. The molecule has 1 aromatic heterocycles. The minimum atomic E-state index is -0.999. The highest BCUT2D eigenvalue weighted by molar-refractivity contribution is 9.10. The van der Waals surface area contributed by atoms with Gasteiger partial charge in [-0.2, -0.15) is 0 Å². The Morgan fingerprint density at radius 3 is 2.79 bits per heavy atom. The van der Waals surface area contributed by atoms with Crippen LogP contribution in [0.2, 0.25) is 0 Å². The first-order valence-corrected chi connectivity index (χ1v) is 9.36. The molecule has 1 aliphatic heterocycles. The van der Waals surface area contributed by atoms with Crippen LogP contribution in [0.5, 0.6) is 5.75 Å². The summed E-state index contributed by atoms with van der Waals surface area (Å²) in [5, 5.41) is 21.4. The van der Waals surface area contributed by atoms with E-state index in [1.807, 2.05) is 48.5 Å². The standard InChI is InChI=1S/C19H16BrN5O3/c1-11-16(18(26)27)17(25-19(21-11)22-23-24-25)14-9-13(20)7-8-15(14)28-10-12-5-3-2-4-6-12/h2-9,16-17H,10H2,1H3,(H,26,27). The molecule has 9 heteroatoms. The largest absolute Gasteiger partial charge is 0.489 e. The van der Waals surface area contributed by atoms with Gasteiger partial charge in [-0.05, 0) is 41.1 Å². The molecule has 0 aliphatic carbocycles. The molecule has 0 amide bonds. The second kappa shape index (κ2) is 7.51. The van der Waals surface area contributed by atoms with Gasteiger partial charge in [0.25, 0.3) is 5.95 Å². The van der Waals surface area contributed by atoms with E-state index in [1.165, 1.54) is 4.68 Å². The highest BCUT2D eigenvalue weighted by Gasteiger charge is 2.40. The molecule has 4 rings (SSSR count). The Morgan fingerprint density at radius 2 is 2.04 bits per heavy atom. The third-order valence-electron chi connectivity index (χ3n) is 4.57. The van der Waals surface area contributed by atoms with Crippen molar-refractivity contribution in [2.24, 2.45) is 10.9 Å². The van der Waals surface area contributed by atoms with Crippen LogP contribution < -0.4 is 4.74 Å². The van der Waals surface area contributed by atoms with Crippen LogP contribution in [-0.2, 0) is 11.4 Å². The van der Waals surface area contributed by atoms with Crippen molar-refractivity contribution in [3.63, 3.8) is 0 Å². The number of benzene rings is 2. The topological polar surface area (TPSA) is 102 Å². The minimum Gasteiger partial charge on any atom is -0.489 e. The fraction of sp³-hybridized carbons (Fsp3) is 0.211. The molecule has 0 fully saturated rings. The Labute approximate surface area is 169 Å². The lowest BCUT2D eigenvalue weighted by Gasteiger charge is -2.29. The zero-order valence-electron chi connectivity index (χ0n) is 14.9. The number of hydrogen-bond acceptors (Lipinski definition) is 6. The maximum absolute atomic E-state index is 12.0. The summed E-state index contributed by atoms with van der Waals surface area (Å²) in [5.74, 6) is -1.07. The lowest BCUT2D eigenvalue weighted by atomic mass is 9.88. The number of halogens is 1. The highest BCUT2D eigenvalue weighted by atomic mass is 79.9. The SMILES string of the molecule is CC1=Nc2nnnn2C(c2cc(Br)ccc2OCc2ccccc2)C1C(=O)O. The van der Waals surface area contributed by atoms with Crippen LogP contribution >= 0.6 is 15.9 Å². The number of carbonyl (C=O) groups is 1. The minimum absolute atomic E-state index is 0.272. The summed E-state index contributed by atoms with van der Waals surface area (Å²) in [7, 11) is 0. The molecule has 3 aromatic rings. The maximum atomic E-state index is 12.0. The van der Waals surface area contributed by atoms with Crippen molar-refractivity contribution >= 4 is 33.6 Å². The van der Waals surface area contributed by atoms with Crippen molar-refractivity contribution in [3.8, 4) is 5.75 Å². The Kier molecular flexibility index (Phi) is 4.91. The van der Waals surface area contributed by atoms with Gasteiger partial charge in [0.15, 0.2) is 0 Å². The van der Waals surface area contributed by atoms with E-state index in [0.29, 0.717) is 23.6 Å². The fourth-order valence-electron chi connectivity index (χ4n) is 3.28. The molecular formula is C19H16BrN5O3. The van der Waals surface area contributed by atoms with Gasteiger partial charge in [-0.15, -0.1) is 0 Å². The number of nitrogens with zero attached hydrogens (tertiary/aromatic N) is 5. The first-order valence-electron chi connectivity index (χ1n) is 8.56. The predicted molar refractivity (Wildman–Crippen MR) is 105 cm³/mol. The van der Waals surface area contributed by atoms with Crippen molar-refractivity contribution in [1.82, 2.24) is 20.2 Å². The molecule has 1 N–H and O–H groups in total. The van der Waals surface area contributed by atoms with E-state index in [2.05, 4.69) is 36.4 Å². The number of hydrogen-bond donors (Lipinski definition) is 1. The lowest BCUT2D eigenvalue weighted by molar-refractivity contribution is -0.140. The van der Waals surface area contributed by atoms with Crippen molar-refractivity contribution in [3.05, 3.63) is 64.1 Å². The number of carboxylic acids is 1. The molecule has 0 spiro atoms. The molecule has 1 aliphatic rings. The highest BCUT2D eigenvalue weighted by Crippen LogP contribution is 2.40. The smallest absolute Gasteiger partial charge is 0.314 e. The van der Waals surface area contributed by atoms with Gasteiger partial charge in [-0.1, -0.05) is 51.4 Å². The van der Waals surface area contributed by atoms with Gasteiger partial charge in [0.2, 0.25) is 0 Å². The fourth-order valence-corrected chi connectivity index (χ4v) is 3.66. The first kappa shape index (κ1) is 18.3. The lowest BCUT2D eigenvalue weighted by Crippen LogP contribution is -2.36. The van der Waals surface area contributed by atoms with E-state index in [4.69, 9.17) is 4.74 Å². The quantitative estimate of drug-likeness (QED) is 0.650. The van der Waals surface area contributed by atoms with Crippen LogP contribution in [0, 0.1) is 5.92 Å². The molecule has 2 atom stereocenters. The number of tetrazole rings is 1. The summed E-state index contributed by atoms with van der Waals surface area (Å²) >= 11 is 3.47. The summed E-state index contributed by atoms with van der Waals surface area (Å²) in [5.41, 5.74) is 2.12. The molecule has 2 aromatic carbocycles. The third kappa shape index (κ3) is 3.40. The Morgan fingerprint density at radius 1 is 1.25 bits per heavy atom. The molecule has 2 unspecified atom stereocenters. The van der Waals surface area contributed by atoms with Gasteiger partial charge in [-0.3, -0.25) is 4.79 Å². The maximum Gasteiger partial charge on any atom is 0.314 e. The number of aliphatic imine (C=N–C) groups is 1. The van der Waals surface area contributed by atoms with Crippen molar-refractivity contribution in [2.45, 2.75) is 19.6 Å². The average Bonchev–Trinajstić information content (AvgIpc) is 3.14. The van der Waals surface area contributed by atoms with Crippen LogP contribution in [0.1, 0.15) is 24.1 Å². The summed E-state index contributed by atoms with van der Waals surface area (Å²) < 4.78 is 8.28. The molecule has 0 radical (unpaired) electrons. The summed E-state index contributed by atoms with van der Waals surface area (Å²) in [6.45, 7) is 2.03. The van der Waals surface area contributed by atoms with Crippen LogP contribution in [0.3, 0.4) is 0 Å². The Bertz CT molecular complexity index is 1050. The molecule has 0 saturated heterocycles. The zero-order valence-corrected chi connectivity index (χ0v) is 16.4.